The van der Waals surface area contributed by atoms with Crippen molar-refractivity contribution in [1.82, 2.24) is 5.32 Å². The molecule has 0 fully saturated rings. The maximum absolute atomic E-state index is 13.5. The lowest BCUT2D eigenvalue weighted by Crippen LogP contribution is -2.39. The van der Waals surface area contributed by atoms with Gasteiger partial charge in [0.1, 0.15) is 5.82 Å². The molecule has 1 rings (SSSR count). The van der Waals surface area contributed by atoms with Gasteiger partial charge >= 0.3 is 0 Å². The summed E-state index contributed by atoms with van der Waals surface area (Å²) < 4.78 is 14.4. The van der Waals surface area contributed by atoms with Crippen molar-refractivity contribution in [1.29, 1.82) is 0 Å². The van der Waals surface area contributed by atoms with Gasteiger partial charge in [-0.25, -0.2) is 4.39 Å². The zero-order valence-corrected chi connectivity index (χ0v) is 12.7. The minimum absolute atomic E-state index is 0.0122. The van der Waals surface area contributed by atoms with Crippen molar-refractivity contribution in [3.8, 4) is 0 Å². The Morgan fingerprint density at radius 2 is 2.06 bits per heavy atom. The molecule has 0 aliphatic heterocycles. The molecule has 4 heteroatoms. The molecule has 0 atom stereocenters. The second-order valence-corrected chi connectivity index (χ2v) is 6.12. The molecule has 1 aromatic carbocycles. The van der Waals surface area contributed by atoms with Crippen LogP contribution < -0.4 is 5.32 Å². The summed E-state index contributed by atoms with van der Waals surface area (Å²) in [7, 11) is 0. The van der Waals surface area contributed by atoms with Crippen molar-refractivity contribution in [2.45, 2.75) is 32.4 Å². The third kappa shape index (κ3) is 4.52. The van der Waals surface area contributed by atoms with Gasteiger partial charge in [0.25, 0.3) is 0 Å². The average Bonchev–Trinajstić information content (AvgIpc) is 2.19. The molecule has 0 spiro atoms. The highest BCUT2D eigenvalue weighted by Gasteiger charge is 2.16. The fourth-order valence-corrected chi connectivity index (χ4v) is 2.74. The second kappa shape index (κ2) is 6.12. The van der Waals surface area contributed by atoms with Crippen LogP contribution in [0.5, 0.6) is 0 Å². The fraction of sp³-hybridized carbons (Fsp3) is 0.500. The zero-order valence-electron chi connectivity index (χ0n) is 9.49. The predicted molar refractivity (Wildman–Crippen MR) is 73.4 cm³/mol. The molecule has 0 saturated carbocycles. The number of halogens is 3. The van der Waals surface area contributed by atoms with Gasteiger partial charge in [0.2, 0.25) is 0 Å². The van der Waals surface area contributed by atoms with Crippen molar-refractivity contribution in [2.24, 2.45) is 0 Å². The van der Waals surface area contributed by atoms with Crippen LogP contribution in [0.4, 0.5) is 4.39 Å². The number of benzene rings is 1. The van der Waals surface area contributed by atoms with E-state index in [2.05, 4.69) is 51.0 Å². The summed E-state index contributed by atoms with van der Waals surface area (Å²) in [5, 5.41) is 4.29. The Kier molecular flexibility index (Phi) is 5.41. The Labute approximate surface area is 113 Å². The molecule has 0 unspecified atom stereocenters. The molecule has 0 aliphatic rings. The van der Waals surface area contributed by atoms with E-state index in [1.165, 1.54) is 6.07 Å². The molecule has 0 heterocycles. The van der Waals surface area contributed by atoms with Gasteiger partial charge in [0.05, 0.1) is 0 Å². The van der Waals surface area contributed by atoms with Crippen LogP contribution >= 0.6 is 31.9 Å². The van der Waals surface area contributed by atoms with Crippen molar-refractivity contribution in [2.75, 3.05) is 5.33 Å². The maximum Gasteiger partial charge on any atom is 0.127 e. The molecular weight excluding hydrogens is 337 g/mol. The van der Waals surface area contributed by atoms with Crippen LogP contribution in [0.15, 0.2) is 22.7 Å². The molecule has 0 bridgehead atoms. The van der Waals surface area contributed by atoms with E-state index in [1.807, 2.05) is 6.07 Å². The summed E-state index contributed by atoms with van der Waals surface area (Å²) in [4.78, 5) is 0. The largest absolute Gasteiger partial charge is 0.308 e. The summed E-state index contributed by atoms with van der Waals surface area (Å²) >= 11 is 6.76. The van der Waals surface area contributed by atoms with Crippen LogP contribution in [-0.2, 0) is 6.54 Å². The molecule has 90 valence electrons. The Hall–Kier alpha value is 0.0700. The van der Waals surface area contributed by atoms with Crippen LogP contribution in [0.2, 0.25) is 0 Å². The van der Waals surface area contributed by atoms with Crippen molar-refractivity contribution in [3.05, 3.63) is 34.1 Å². The normalized spacial score (nSPS) is 11.8. The quantitative estimate of drug-likeness (QED) is 0.781. The van der Waals surface area contributed by atoms with Crippen molar-refractivity contribution in [3.63, 3.8) is 0 Å². The molecule has 0 radical (unpaired) electrons. The van der Waals surface area contributed by atoms with Crippen LogP contribution in [0.25, 0.3) is 0 Å². The predicted octanol–water partition coefficient (Wildman–Crippen LogP) is 4.24. The maximum atomic E-state index is 13.5. The molecular formula is C12H16Br2FN. The van der Waals surface area contributed by atoms with Crippen LogP contribution in [0.1, 0.15) is 25.8 Å². The smallest absolute Gasteiger partial charge is 0.127 e. The van der Waals surface area contributed by atoms with Gasteiger partial charge in [0, 0.05) is 27.4 Å². The molecule has 1 nitrogen and oxygen atoms in total. The van der Waals surface area contributed by atoms with Crippen LogP contribution in [-0.4, -0.2) is 10.9 Å². The van der Waals surface area contributed by atoms with Crippen LogP contribution in [0.3, 0.4) is 0 Å². The minimum atomic E-state index is -0.162. The monoisotopic (exact) mass is 351 g/mol. The lowest BCUT2D eigenvalue weighted by Gasteiger charge is -2.25. The Bertz CT molecular complexity index is 353. The summed E-state index contributed by atoms with van der Waals surface area (Å²) in [6.07, 6.45) is 1.00. The summed E-state index contributed by atoms with van der Waals surface area (Å²) in [6, 6.07) is 5.01. The highest BCUT2D eigenvalue weighted by atomic mass is 79.9. The number of hydrogen-bond acceptors (Lipinski definition) is 1. The topological polar surface area (TPSA) is 12.0 Å². The molecule has 1 N–H and O–H groups in total. The standard InChI is InChI=1S/C12H16Br2FN/c1-12(2,5-6-13)16-8-9-7-10(14)3-4-11(9)15/h3-4,7,16H,5-6,8H2,1-2H3. The first-order valence-electron chi connectivity index (χ1n) is 5.19. The number of nitrogens with one attached hydrogen (secondary N) is 1. The molecule has 0 amide bonds. The lowest BCUT2D eigenvalue weighted by atomic mass is 10.0. The third-order valence-corrected chi connectivity index (χ3v) is 3.37. The number of hydrogen-bond donors (Lipinski definition) is 1. The molecule has 0 aliphatic carbocycles. The minimum Gasteiger partial charge on any atom is -0.308 e. The Balaban J connectivity index is 2.63. The third-order valence-electron chi connectivity index (χ3n) is 2.48. The number of rotatable bonds is 5. The first-order chi connectivity index (χ1) is 7.44. The van der Waals surface area contributed by atoms with Gasteiger partial charge in [0.15, 0.2) is 0 Å². The van der Waals surface area contributed by atoms with E-state index in [0.29, 0.717) is 12.1 Å². The van der Waals surface area contributed by atoms with E-state index in [4.69, 9.17) is 0 Å². The van der Waals surface area contributed by atoms with E-state index in [-0.39, 0.29) is 11.4 Å². The second-order valence-electron chi connectivity index (χ2n) is 4.41. The molecule has 0 saturated heterocycles. The van der Waals surface area contributed by atoms with E-state index >= 15 is 0 Å². The first kappa shape index (κ1) is 14.1. The van der Waals surface area contributed by atoms with Gasteiger partial charge in [-0.1, -0.05) is 31.9 Å². The Morgan fingerprint density at radius 1 is 1.38 bits per heavy atom. The van der Waals surface area contributed by atoms with Crippen molar-refractivity contribution < 1.29 is 4.39 Å². The van der Waals surface area contributed by atoms with Crippen LogP contribution in [0, 0.1) is 5.82 Å². The van der Waals surface area contributed by atoms with Gasteiger partial charge in [-0.05, 0) is 38.5 Å². The average molecular weight is 353 g/mol. The van der Waals surface area contributed by atoms with E-state index in [1.54, 1.807) is 6.07 Å². The van der Waals surface area contributed by atoms with E-state index in [9.17, 15) is 4.39 Å². The van der Waals surface area contributed by atoms with Crippen molar-refractivity contribution >= 4 is 31.9 Å². The van der Waals surface area contributed by atoms with E-state index in [0.717, 1.165) is 16.2 Å². The van der Waals surface area contributed by atoms with Gasteiger partial charge in [-0.15, -0.1) is 0 Å². The lowest BCUT2D eigenvalue weighted by molar-refractivity contribution is 0.374. The first-order valence-corrected chi connectivity index (χ1v) is 7.11. The summed E-state index contributed by atoms with van der Waals surface area (Å²) in [5.41, 5.74) is 0.704. The number of alkyl halides is 1. The SMILES string of the molecule is CC(C)(CCBr)NCc1cc(Br)ccc1F. The van der Waals surface area contributed by atoms with E-state index < -0.39 is 0 Å². The van der Waals surface area contributed by atoms with Gasteiger partial charge < -0.3 is 5.32 Å². The molecule has 16 heavy (non-hydrogen) atoms. The zero-order chi connectivity index (χ0) is 12.2. The van der Waals surface area contributed by atoms with Gasteiger partial charge in [-0.3, -0.25) is 0 Å². The summed E-state index contributed by atoms with van der Waals surface area (Å²) in [5.74, 6) is -0.162. The highest BCUT2D eigenvalue weighted by molar-refractivity contribution is 9.10. The highest BCUT2D eigenvalue weighted by Crippen LogP contribution is 2.17. The fourth-order valence-electron chi connectivity index (χ4n) is 1.34. The Morgan fingerprint density at radius 3 is 2.69 bits per heavy atom. The van der Waals surface area contributed by atoms with Gasteiger partial charge in [-0.2, -0.15) is 0 Å². The molecule has 0 aromatic heterocycles. The summed E-state index contributed by atoms with van der Waals surface area (Å²) in [6.45, 7) is 4.78. The molecule has 1 aromatic rings.